The molecule has 0 spiro atoms. The van der Waals surface area contributed by atoms with Crippen LogP contribution in [0.5, 0.6) is 0 Å². The first-order valence-electron chi connectivity index (χ1n) is 9.96. The fourth-order valence-electron chi connectivity index (χ4n) is 2.55. The van der Waals surface area contributed by atoms with E-state index >= 15 is 0 Å². The van der Waals surface area contributed by atoms with Gasteiger partial charge in [-0.25, -0.2) is 0 Å². The highest BCUT2D eigenvalue weighted by Crippen LogP contribution is 2.15. The zero-order valence-corrected chi connectivity index (χ0v) is 16.4. The highest BCUT2D eigenvalue weighted by Gasteiger charge is 2.28. The maximum Gasteiger partial charge on any atom is 0.320 e. The van der Waals surface area contributed by atoms with E-state index in [2.05, 4.69) is 18.8 Å². The summed E-state index contributed by atoms with van der Waals surface area (Å²) in [6.07, 6.45) is 11.5. The molecule has 0 aliphatic heterocycles. The van der Waals surface area contributed by atoms with Gasteiger partial charge in [0.25, 0.3) is 0 Å². The van der Waals surface area contributed by atoms with Crippen LogP contribution < -0.4 is 0 Å². The van der Waals surface area contributed by atoms with Crippen LogP contribution in [0.1, 0.15) is 91.4 Å². The number of ether oxygens (including phenoxy) is 2. The largest absolute Gasteiger partial charge is 0.465 e. The van der Waals surface area contributed by atoms with E-state index in [0.717, 1.165) is 32.1 Å². The molecule has 0 aromatic rings. The second-order valence-electron chi connectivity index (χ2n) is 6.17. The summed E-state index contributed by atoms with van der Waals surface area (Å²) in [6.45, 7) is 6.26. The van der Waals surface area contributed by atoms with E-state index in [1.165, 1.54) is 32.1 Å². The van der Waals surface area contributed by atoms with Gasteiger partial charge in [-0.2, -0.15) is 0 Å². The molecule has 0 saturated carbocycles. The number of rotatable bonds is 14. The zero-order valence-electron chi connectivity index (χ0n) is 16.4. The quantitative estimate of drug-likeness (QED) is 0.190. The lowest BCUT2D eigenvalue weighted by Gasteiger charge is -2.13. The summed E-state index contributed by atoms with van der Waals surface area (Å²) < 4.78 is 9.93. The van der Waals surface area contributed by atoms with Crippen LogP contribution in [-0.4, -0.2) is 25.2 Å². The molecule has 0 saturated heterocycles. The molecule has 0 atom stereocenters. The number of hydrogen-bond donors (Lipinski definition) is 0. The molecule has 4 nitrogen and oxygen atoms in total. The number of carbonyl (C=O) groups excluding carboxylic acids is 2. The number of carbonyl (C=O) groups is 2. The summed E-state index contributed by atoms with van der Waals surface area (Å²) in [4.78, 5) is 23.7. The minimum atomic E-state index is -0.783. The summed E-state index contributed by atoms with van der Waals surface area (Å²) in [5.74, 6) is 4.73. The van der Waals surface area contributed by atoms with Gasteiger partial charge in [0.1, 0.15) is 0 Å². The molecule has 0 amide bonds. The van der Waals surface area contributed by atoms with Gasteiger partial charge in [-0.3, -0.25) is 9.59 Å². The van der Waals surface area contributed by atoms with Crippen LogP contribution in [0.25, 0.3) is 0 Å². The van der Waals surface area contributed by atoms with Crippen molar-refractivity contribution < 1.29 is 19.1 Å². The Kier molecular flexibility index (Phi) is 16.3. The molecule has 0 aliphatic rings. The Morgan fingerprint density at radius 3 is 1.68 bits per heavy atom. The Hall–Kier alpha value is -1.50. The van der Waals surface area contributed by atoms with Gasteiger partial charge in [0.15, 0.2) is 5.92 Å². The van der Waals surface area contributed by atoms with E-state index in [-0.39, 0.29) is 13.2 Å². The second kappa shape index (κ2) is 17.3. The Morgan fingerprint density at radius 1 is 0.720 bits per heavy atom. The van der Waals surface area contributed by atoms with E-state index < -0.39 is 17.9 Å². The summed E-state index contributed by atoms with van der Waals surface area (Å²) in [5, 5.41) is 0. The standard InChI is InChI=1S/C21H36O4/c1-4-7-8-9-10-11-12-13-14-15-16-17-18-19(20(22)24-5-2)21(23)25-6-3/h19H,4-11,14-18H2,1-3H3. The Labute approximate surface area is 154 Å². The fourth-order valence-corrected chi connectivity index (χ4v) is 2.55. The van der Waals surface area contributed by atoms with E-state index in [1.807, 2.05) is 0 Å². The smallest absolute Gasteiger partial charge is 0.320 e. The third kappa shape index (κ3) is 13.5. The SMILES string of the molecule is CCCCCCCC#CCCCCCC(C(=O)OCC)C(=O)OCC. The summed E-state index contributed by atoms with van der Waals surface area (Å²) in [7, 11) is 0. The van der Waals surface area contributed by atoms with Crippen LogP contribution in [-0.2, 0) is 19.1 Å². The van der Waals surface area contributed by atoms with Crippen molar-refractivity contribution in [1.29, 1.82) is 0 Å². The van der Waals surface area contributed by atoms with Crippen LogP contribution in [0.4, 0.5) is 0 Å². The first kappa shape index (κ1) is 23.5. The van der Waals surface area contributed by atoms with Crippen molar-refractivity contribution in [2.24, 2.45) is 5.92 Å². The first-order chi connectivity index (χ1) is 12.2. The third-order valence-corrected chi connectivity index (χ3v) is 3.97. The second-order valence-corrected chi connectivity index (χ2v) is 6.17. The minimum absolute atomic E-state index is 0.281. The Balaban J connectivity index is 3.84. The number of esters is 2. The van der Waals surface area contributed by atoms with Gasteiger partial charge in [0.2, 0.25) is 0 Å². The van der Waals surface area contributed by atoms with E-state index in [4.69, 9.17) is 9.47 Å². The van der Waals surface area contributed by atoms with E-state index in [1.54, 1.807) is 13.8 Å². The van der Waals surface area contributed by atoms with Crippen LogP contribution in [0.3, 0.4) is 0 Å². The molecule has 0 N–H and O–H groups in total. The third-order valence-electron chi connectivity index (χ3n) is 3.97. The maximum atomic E-state index is 11.8. The monoisotopic (exact) mass is 352 g/mol. The van der Waals surface area contributed by atoms with Gasteiger partial charge in [-0.05, 0) is 33.1 Å². The van der Waals surface area contributed by atoms with Gasteiger partial charge < -0.3 is 9.47 Å². The first-order valence-corrected chi connectivity index (χ1v) is 9.96. The van der Waals surface area contributed by atoms with Gasteiger partial charge >= 0.3 is 11.9 Å². The summed E-state index contributed by atoms with van der Waals surface area (Å²) in [5.41, 5.74) is 0. The lowest BCUT2D eigenvalue weighted by Crippen LogP contribution is -2.28. The average Bonchev–Trinajstić information content (AvgIpc) is 2.59. The maximum absolute atomic E-state index is 11.8. The molecule has 0 aromatic heterocycles. The molecule has 0 fully saturated rings. The molecular formula is C21H36O4. The lowest BCUT2D eigenvalue weighted by molar-refractivity contribution is -0.161. The van der Waals surface area contributed by atoms with Gasteiger partial charge in [0.05, 0.1) is 13.2 Å². The van der Waals surface area contributed by atoms with Gasteiger partial charge in [0, 0.05) is 12.8 Å². The van der Waals surface area contributed by atoms with Crippen molar-refractivity contribution in [2.45, 2.75) is 91.4 Å². The lowest BCUT2D eigenvalue weighted by atomic mass is 10.0. The van der Waals surface area contributed by atoms with Crippen LogP contribution in [0.2, 0.25) is 0 Å². The molecule has 4 heteroatoms. The highest BCUT2D eigenvalue weighted by molar-refractivity contribution is 5.94. The van der Waals surface area contributed by atoms with Crippen molar-refractivity contribution in [3.63, 3.8) is 0 Å². The Bertz CT molecular complexity index is 388. The van der Waals surface area contributed by atoms with Crippen molar-refractivity contribution in [2.75, 3.05) is 13.2 Å². The molecule has 0 heterocycles. The van der Waals surface area contributed by atoms with Crippen molar-refractivity contribution >= 4 is 11.9 Å². The molecular weight excluding hydrogens is 316 g/mol. The van der Waals surface area contributed by atoms with Crippen LogP contribution >= 0.6 is 0 Å². The predicted molar refractivity (Wildman–Crippen MR) is 101 cm³/mol. The molecule has 144 valence electrons. The fraction of sp³-hybridized carbons (Fsp3) is 0.810. The average molecular weight is 353 g/mol. The molecule has 25 heavy (non-hydrogen) atoms. The van der Waals surface area contributed by atoms with Crippen LogP contribution in [0.15, 0.2) is 0 Å². The molecule has 0 radical (unpaired) electrons. The van der Waals surface area contributed by atoms with Crippen molar-refractivity contribution in [3.05, 3.63) is 0 Å². The molecule has 0 unspecified atom stereocenters. The number of unbranched alkanes of at least 4 members (excludes halogenated alkanes) is 8. The molecule has 0 aliphatic carbocycles. The summed E-state index contributed by atoms with van der Waals surface area (Å²) >= 11 is 0. The van der Waals surface area contributed by atoms with Gasteiger partial charge in [-0.1, -0.05) is 45.4 Å². The van der Waals surface area contributed by atoms with E-state index in [0.29, 0.717) is 6.42 Å². The highest BCUT2D eigenvalue weighted by atomic mass is 16.6. The zero-order chi connectivity index (χ0) is 18.8. The molecule has 0 rings (SSSR count). The van der Waals surface area contributed by atoms with Crippen molar-refractivity contribution in [3.8, 4) is 11.8 Å². The number of hydrogen-bond acceptors (Lipinski definition) is 4. The Morgan fingerprint density at radius 2 is 1.20 bits per heavy atom. The van der Waals surface area contributed by atoms with E-state index in [9.17, 15) is 9.59 Å². The molecule has 0 bridgehead atoms. The molecule has 0 aromatic carbocycles. The predicted octanol–water partition coefficient (Wildman–Crippen LogP) is 5.04. The van der Waals surface area contributed by atoms with Crippen LogP contribution in [0, 0.1) is 17.8 Å². The normalized spacial score (nSPS) is 10.2. The van der Waals surface area contributed by atoms with Gasteiger partial charge in [-0.15, -0.1) is 11.8 Å². The minimum Gasteiger partial charge on any atom is -0.465 e. The van der Waals surface area contributed by atoms with Crippen molar-refractivity contribution in [1.82, 2.24) is 0 Å². The summed E-state index contributed by atoms with van der Waals surface area (Å²) in [6, 6.07) is 0. The topological polar surface area (TPSA) is 52.6 Å².